The zero-order chi connectivity index (χ0) is 13.8. The Hall–Kier alpha value is -1.51. The second-order valence-electron chi connectivity index (χ2n) is 5.22. The molecule has 0 saturated heterocycles. The van der Waals surface area contributed by atoms with Crippen LogP contribution in [0.4, 0.5) is 0 Å². The van der Waals surface area contributed by atoms with E-state index in [2.05, 4.69) is 29.6 Å². The molecule has 2 aromatic rings. The van der Waals surface area contributed by atoms with E-state index in [0.717, 1.165) is 23.4 Å². The van der Waals surface area contributed by atoms with Gasteiger partial charge in [-0.1, -0.05) is 35.9 Å². The fraction of sp³-hybridized carbons (Fsp3) is 0.294. The fourth-order valence-electron chi connectivity index (χ4n) is 2.08. The lowest BCUT2D eigenvalue weighted by Gasteiger charge is -2.08. The maximum atomic E-state index is 5.85. The van der Waals surface area contributed by atoms with Gasteiger partial charge in [0, 0.05) is 17.6 Å². The average molecular weight is 288 g/mol. The molecule has 2 nitrogen and oxygen atoms in total. The topological polar surface area (TPSA) is 21.3 Å². The number of halogens is 1. The van der Waals surface area contributed by atoms with Gasteiger partial charge < -0.3 is 10.1 Å². The van der Waals surface area contributed by atoms with Gasteiger partial charge in [-0.2, -0.15) is 0 Å². The van der Waals surface area contributed by atoms with E-state index in [4.69, 9.17) is 16.3 Å². The van der Waals surface area contributed by atoms with E-state index in [1.54, 1.807) is 0 Å². The first-order valence-electron chi connectivity index (χ1n) is 6.99. The quantitative estimate of drug-likeness (QED) is 0.861. The van der Waals surface area contributed by atoms with Crippen LogP contribution in [0.25, 0.3) is 0 Å². The SMILES string of the molecule is Clc1ccc(OCc2cccc(CNC3CC3)c2)cc1. The molecule has 0 aliphatic heterocycles. The second-order valence-corrected chi connectivity index (χ2v) is 5.65. The highest BCUT2D eigenvalue weighted by atomic mass is 35.5. The highest BCUT2D eigenvalue weighted by Gasteiger charge is 2.19. The molecule has 0 atom stereocenters. The maximum absolute atomic E-state index is 5.85. The lowest BCUT2D eigenvalue weighted by Crippen LogP contribution is -2.15. The first-order valence-corrected chi connectivity index (χ1v) is 7.37. The summed E-state index contributed by atoms with van der Waals surface area (Å²) in [5.74, 6) is 0.843. The van der Waals surface area contributed by atoms with Crippen LogP contribution in [0.1, 0.15) is 24.0 Å². The van der Waals surface area contributed by atoms with Gasteiger partial charge in [-0.15, -0.1) is 0 Å². The number of hydrogen-bond donors (Lipinski definition) is 1. The Bertz CT molecular complexity index is 563. The summed E-state index contributed by atoms with van der Waals surface area (Å²) in [6.07, 6.45) is 2.64. The summed E-state index contributed by atoms with van der Waals surface area (Å²) in [6.45, 7) is 1.53. The smallest absolute Gasteiger partial charge is 0.119 e. The van der Waals surface area contributed by atoms with Crippen molar-refractivity contribution in [3.05, 3.63) is 64.7 Å². The molecule has 3 heteroatoms. The molecule has 20 heavy (non-hydrogen) atoms. The van der Waals surface area contributed by atoms with Crippen molar-refractivity contribution in [1.82, 2.24) is 5.32 Å². The van der Waals surface area contributed by atoms with Gasteiger partial charge in [-0.05, 0) is 48.2 Å². The molecule has 1 aliphatic carbocycles. The van der Waals surface area contributed by atoms with Crippen LogP contribution in [0.15, 0.2) is 48.5 Å². The lowest BCUT2D eigenvalue weighted by atomic mass is 10.1. The Morgan fingerprint density at radius 2 is 1.80 bits per heavy atom. The van der Waals surface area contributed by atoms with Crippen LogP contribution in [0.3, 0.4) is 0 Å². The monoisotopic (exact) mass is 287 g/mol. The molecule has 1 N–H and O–H groups in total. The van der Waals surface area contributed by atoms with E-state index in [0.29, 0.717) is 6.61 Å². The third kappa shape index (κ3) is 3.99. The van der Waals surface area contributed by atoms with Crippen molar-refractivity contribution in [3.63, 3.8) is 0 Å². The molecular formula is C17H18ClNO. The molecule has 0 aromatic heterocycles. The number of ether oxygens (including phenoxy) is 1. The molecule has 1 saturated carbocycles. The minimum Gasteiger partial charge on any atom is -0.489 e. The molecule has 104 valence electrons. The van der Waals surface area contributed by atoms with Gasteiger partial charge in [-0.25, -0.2) is 0 Å². The van der Waals surface area contributed by atoms with E-state index in [9.17, 15) is 0 Å². The molecule has 0 bridgehead atoms. The predicted octanol–water partition coefficient (Wildman–Crippen LogP) is 4.17. The van der Waals surface area contributed by atoms with Gasteiger partial charge in [0.25, 0.3) is 0 Å². The number of hydrogen-bond acceptors (Lipinski definition) is 2. The van der Waals surface area contributed by atoms with Crippen LogP contribution in [0.5, 0.6) is 5.75 Å². The molecule has 0 unspecified atom stereocenters. The van der Waals surface area contributed by atoms with Gasteiger partial charge in [0.1, 0.15) is 12.4 Å². The van der Waals surface area contributed by atoms with Crippen molar-refractivity contribution in [2.75, 3.05) is 0 Å². The first-order chi connectivity index (χ1) is 9.79. The van der Waals surface area contributed by atoms with E-state index in [1.807, 2.05) is 24.3 Å². The minimum atomic E-state index is 0.582. The summed E-state index contributed by atoms with van der Waals surface area (Å²) in [6, 6.07) is 16.7. The summed E-state index contributed by atoms with van der Waals surface area (Å²) in [7, 11) is 0. The van der Waals surface area contributed by atoms with Crippen LogP contribution < -0.4 is 10.1 Å². The Labute approximate surface area is 124 Å². The van der Waals surface area contributed by atoms with E-state index in [-0.39, 0.29) is 0 Å². The summed E-state index contributed by atoms with van der Waals surface area (Å²) in [5.41, 5.74) is 2.50. The molecule has 0 radical (unpaired) electrons. The van der Waals surface area contributed by atoms with Crippen molar-refractivity contribution in [3.8, 4) is 5.75 Å². The molecule has 0 spiro atoms. The third-order valence-corrected chi connectivity index (χ3v) is 3.63. The Balaban J connectivity index is 1.56. The van der Waals surface area contributed by atoms with Gasteiger partial charge >= 0.3 is 0 Å². The Kier molecular flexibility index (Phi) is 4.24. The van der Waals surface area contributed by atoms with Crippen LogP contribution >= 0.6 is 11.6 Å². The number of rotatable bonds is 6. The predicted molar refractivity (Wildman–Crippen MR) is 82.1 cm³/mol. The maximum Gasteiger partial charge on any atom is 0.119 e. The summed E-state index contributed by atoms with van der Waals surface area (Å²) >= 11 is 5.85. The highest BCUT2D eigenvalue weighted by Crippen LogP contribution is 2.20. The molecule has 1 aliphatic rings. The number of benzene rings is 2. The molecule has 0 amide bonds. The van der Waals surface area contributed by atoms with E-state index < -0.39 is 0 Å². The molecule has 0 heterocycles. The zero-order valence-electron chi connectivity index (χ0n) is 11.3. The van der Waals surface area contributed by atoms with E-state index in [1.165, 1.54) is 24.0 Å². The van der Waals surface area contributed by atoms with Crippen molar-refractivity contribution in [2.24, 2.45) is 0 Å². The largest absolute Gasteiger partial charge is 0.489 e. The minimum absolute atomic E-state index is 0.582. The van der Waals surface area contributed by atoms with E-state index >= 15 is 0 Å². The molecule has 3 rings (SSSR count). The zero-order valence-corrected chi connectivity index (χ0v) is 12.1. The Morgan fingerprint density at radius 3 is 2.55 bits per heavy atom. The van der Waals surface area contributed by atoms with Crippen molar-refractivity contribution < 1.29 is 4.74 Å². The summed E-state index contributed by atoms with van der Waals surface area (Å²) in [4.78, 5) is 0. The third-order valence-electron chi connectivity index (χ3n) is 3.38. The Morgan fingerprint density at radius 1 is 1.05 bits per heavy atom. The summed E-state index contributed by atoms with van der Waals surface area (Å²) in [5, 5.41) is 4.25. The van der Waals surface area contributed by atoms with Crippen LogP contribution in [0, 0.1) is 0 Å². The van der Waals surface area contributed by atoms with Crippen LogP contribution in [-0.2, 0) is 13.2 Å². The molecular weight excluding hydrogens is 270 g/mol. The van der Waals surface area contributed by atoms with Gasteiger partial charge in [0.2, 0.25) is 0 Å². The first kappa shape index (κ1) is 13.5. The van der Waals surface area contributed by atoms with Crippen LogP contribution in [0.2, 0.25) is 5.02 Å². The van der Waals surface area contributed by atoms with Gasteiger partial charge in [0.15, 0.2) is 0 Å². The fourth-order valence-corrected chi connectivity index (χ4v) is 2.20. The molecule has 2 aromatic carbocycles. The van der Waals surface area contributed by atoms with Crippen molar-refractivity contribution in [1.29, 1.82) is 0 Å². The van der Waals surface area contributed by atoms with Crippen molar-refractivity contribution in [2.45, 2.75) is 32.0 Å². The molecule has 1 fully saturated rings. The number of nitrogens with one attached hydrogen (secondary N) is 1. The average Bonchev–Trinajstić information content (AvgIpc) is 3.29. The second kappa shape index (κ2) is 6.29. The highest BCUT2D eigenvalue weighted by molar-refractivity contribution is 6.30. The summed E-state index contributed by atoms with van der Waals surface area (Å²) < 4.78 is 5.76. The van der Waals surface area contributed by atoms with Crippen LogP contribution in [-0.4, -0.2) is 6.04 Å². The van der Waals surface area contributed by atoms with Gasteiger partial charge in [0.05, 0.1) is 0 Å². The van der Waals surface area contributed by atoms with Gasteiger partial charge in [-0.3, -0.25) is 0 Å². The standard InChI is InChI=1S/C17H18ClNO/c18-15-4-8-17(9-5-15)20-12-14-3-1-2-13(10-14)11-19-16-6-7-16/h1-5,8-10,16,19H,6-7,11-12H2. The van der Waals surface area contributed by atoms with Crippen molar-refractivity contribution >= 4 is 11.6 Å². The lowest BCUT2D eigenvalue weighted by molar-refractivity contribution is 0.306. The normalized spacial score (nSPS) is 14.2.